The van der Waals surface area contributed by atoms with Crippen LogP contribution < -0.4 is 10.6 Å². The van der Waals surface area contributed by atoms with Crippen molar-refractivity contribution in [1.29, 1.82) is 0 Å². The molecule has 0 aromatic carbocycles. The molecular weight excluding hydrogens is 292 g/mol. The lowest BCUT2D eigenvalue weighted by Crippen LogP contribution is -2.29. The molecule has 124 valence electrons. The van der Waals surface area contributed by atoms with Crippen molar-refractivity contribution in [3.63, 3.8) is 0 Å². The normalized spacial score (nSPS) is 18.5. The van der Waals surface area contributed by atoms with Crippen LogP contribution in [-0.4, -0.2) is 35.7 Å². The highest BCUT2D eigenvalue weighted by atomic mass is 16.5. The van der Waals surface area contributed by atoms with Gasteiger partial charge in [-0.2, -0.15) is 0 Å². The van der Waals surface area contributed by atoms with E-state index in [9.17, 15) is 4.79 Å². The fourth-order valence-corrected chi connectivity index (χ4v) is 3.03. The molecule has 6 heteroatoms. The summed E-state index contributed by atoms with van der Waals surface area (Å²) < 4.78 is 5.43. The second-order valence-corrected chi connectivity index (χ2v) is 6.71. The number of aryl methyl sites for hydroxylation is 1. The smallest absolute Gasteiger partial charge is 0.259 e. The largest absolute Gasteiger partial charge is 0.352 e. The minimum Gasteiger partial charge on any atom is -0.352 e. The molecule has 2 aromatic rings. The molecule has 1 atom stereocenters. The molecule has 1 aliphatic heterocycles. The molecule has 0 saturated carbocycles. The van der Waals surface area contributed by atoms with E-state index < -0.39 is 0 Å². The molecule has 1 aliphatic rings. The summed E-state index contributed by atoms with van der Waals surface area (Å²) in [7, 11) is 0. The number of nitrogens with one attached hydrogen (secondary N) is 2. The Balaban J connectivity index is 2.01. The Hall–Kier alpha value is -1.95. The second kappa shape index (κ2) is 6.66. The average molecular weight is 316 g/mol. The van der Waals surface area contributed by atoms with Gasteiger partial charge in [-0.3, -0.25) is 4.79 Å². The lowest BCUT2D eigenvalue weighted by Gasteiger charge is -2.21. The van der Waals surface area contributed by atoms with Gasteiger partial charge in [-0.25, -0.2) is 4.98 Å². The highest BCUT2D eigenvalue weighted by Gasteiger charge is 2.26. The number of piperidine rings is 1. The van der Waals surface area contributed by atoms with Crippen LogP contribution in [-0.2, 0) is 0 Å². The van der Waals surface area contributed by atoms with Crippen LogP contribution in [0.2, 0.25) is 0 Å². The van der Waals surface area contributed by atoms with Crippen molar-refractivity contribution in [1.82, 2.24) is 20.8 Å². The van der Waals surface area contributed by atoms with Crippen LogP contribution >= 0.6 is 0 Å². The fraction of sp³-hybridized carbons (Fsp3) is 0.588. The molecule has 1 amide bonds. The Morgan fingerprint density at radius 1 is 1.52 bits per heavy atom. The van der Waals surface area contributed by atoms with Gasteiger partial charge < -0.3 is 15.2 Å². The minimum absolute atomic E-state index is 0.0811. The number of fused-ring (bicyclic) bond motifs is 1. The number of nitrogens with zero attached hydrogens (tertiary/aromatic N) is 2. The van der Waals surface area contributed by atoms with Crippen LogP contribution in [0.3, 0.4) is 0 Å². The van der Waals surface area contributed by atoms with E-state index in [2.05, 4.69) is 34.6 Å². The third-order valence-corrected chi connectivity index (χ3v) is 4.20. The van der Waals surface area contributed by atoms with Gasteiger partial charge in [0, 0.05) is 24.7 Å². The first-order chi connectivity index (χ1) is 11.1. The molecule has 2 N–H and O–H groups in total. The van der Waals surface area contributed by atoms with Gasteiger partial charge in [0.05, 0.1) is 16.6 Å². The van der Waals surface area contributed by atoms with E-state index in [0.717, 1.165) is 42.7 Å². The number of carbonyl (C=O) groups is 1. The summed E-state index contributed by atoms with van der Waals surface area (Å²) in [4.78, 5) is 17.0. The highest BCUT2D eigenvalue weighted by Crippen LogP contribution is 2.31. The third-order valence-electron chi connectivity index (χ3n) is 4.20. The van der Waals surface area contributed by atoms with Gasteiger partial charge in [-0.05, 0) is 38.3 Å². The maximum Gasteiger partial charge on any atom is 0.259 e. The fourth-order valence-electron chi connectivity index (χ4n) is 3.03. The van der Waals surface area contributed by atoms with Gasteiger partial charge in [0.25, 0.3) is 11.6 Å². The summed E-state index contributed by atoms with van der Waals surface area (Å²) in [5, 5.41) is 11.4. The highest BCUT2D eigenvalue weighted by molar-refractivity contribution is 6.06. The van der Waals surface area contributed by atoms with Crippen molar-refractivity contribution in [2.75, 3.05) is 19.6 Å². The Kier molecular flexibility index (Phi) is 4.61. The van der Waals surface area contributed by atoms with Gasteiger partial charge in [0.2, 0.25) is 0 Å². The topological polar surface area (TPSA) is 80.0 Å². The number of hydrogen-bond donors (Lipinski definition) is 2. The predicted octanol–water partition coefficient (Wildman–Crippen LogP) is 2.38. The van der Waals surface area contributed by atoms with Crippen LogP contribution in [0.1, 0.15) is 54.4 Å². The molecule has 0 aliphatic carbocycles. The van der Waals surface area contributed by atoms with Crippen molar-refractivity contribution in [3.05, 3.63) is 23.0 Å². The Morgan fingerprint density at radius 2 is 2.35 bits per heavy atom. The zero-order chi connectivity index (χ0) is 16.4. The molecule has 6 nitrogen and oxygen atoms in total. The van der Waals surface area contributed by atoms with Crippen molar-refractivity contribution in [3.8, 4) is 0 Å². The van der Waals surface area contributed by atoms with E-state index in [1.807, 2.05) is 13.0 Å². The summed E-state index contributed by atoms with van der Waals surface area (Å²) in [5.74, 6) is 0.593. The third kappa shape index (κ3) is 3.37. The first kappa shape index (κ1) is 15.9. The molecule has 2 aromatic heterocycles. The van der Waals surface area contributed by atoms with Crippen LogP contribution in [0.5, 0.6) is 0 Å². The number of rotatable bonds is 4. The van der Waals surface area contributed by atoms with Crippen molar-refractivity contribution < 1.29 is 9.32 Å². The van der Waals surface area contributed by atoms with E-state index >= 15 is 0 Å². The Bertz CT molecular complexity index is 702. The SMILES string of the molecule is Cc1cc(C(=O)NCC(C)C)c2c(C3CCCNC3)noc2n1. The first-order valence-corrected chi connectivity index (χ1v) is 8.32. The summed E-state index contributed by atoms with van der Waals surface area (Å²) in [6.45, 7) is 8.56. The number of amides is 1. The molecule has 1 saturated heterocycles. The summed E-state index contributed by atoms with van der Waals surface area (Å²) >= 11 is 0. The van der Waals surface area contributed by atoms with Gasteiger partial charge in [-0.1, -0.05) is 19.0 Å². The molecule has 0 bridgehead atoms. The van der Waals surface area contributed by atoms with Gasteiger partial charge in [0.15, 0.2) is 0 Å². The molecule has 0 spiro atoms. The first-order valence-electron chi connectivity index (χ1n) is 8.32. The Labute approximate surface area is 136 Å². The molecule has 1 unspecified atom stereocenters. The summed E-state index contributed by atoms with van der Waals surface area (Å²) in [6, 6.07) is 1.83. The van der Waals surface area contributed by atoms with Crippen molar-refractivity contribution in [2.45, 2.75) is 39.5 Å². The van der Waals surface area contributed by atoms with E-state index in [1.165, 1.54) is 0 Å². The zero-order valence-electron chi connectivity index (χ0n) is 14.0. The molecule has 3 heterocycles. The number of pyridine rings is 1. The Morgan fingerprint density at radius 3 is 3.04 bits per heavy atom. The maximum atomic E-state index is 12.6. The van der Waals surface area contributed by atoms with Gasteiger partial charge >= 0.3 is 0 Å². The van der Waals surface area contributed by atoms with Crippen LogP contribution in [0.15, 0.2) is 10.6 Å². The number of carbonyl (C=O) groups excluding carboxylic acids is 1. The van der Waals surface area contributed by atoms with E-state index in [1.54, 1.807) is 0 Å². The maximum absolute atomic E-state index is 12.6. The van der Waals surface area contributed by atoms with E-state index in [4.69, 9.17) is 4.52 Å². The monoisotopic (exact) mass is 316 g/mol. The second-order valence-electron chi connectivity index (χ2n) is 6.71. The average Bonchev–Trinajstić information content (AvgIpc) is 2.96. The van der Waals surface area contributed by atoms with E-state index in [0.29, 0.717) is 23.7 Å². The quantitative estimate of drug-likeness (QED) is 0.905. The lowest BCUT2D eigenvalue weighted by molar-refractivity contribution is 0.0950. The van der Waals surface area contributed by atoms with Crippen LogP contribution in [0.4, 0.5) is 0 Å². The predicted molar refractivity (Wildman–Crippen MR) is 88.6 cm³/mol. The minimum atomic E-state index is -0.0811. The number of aromatic nitrogens is 2. The molecular formula is C17H24N4O2. The standard InChI is InChI=1S/C17H24N4O2/c1-10(2)8-19-16(22)13-7-11(3)20-17-14(13)15(21-23-17)12-5-4-6-18-9-12/h7,10,12,18H,4-6,8-9H2,1-3H3,(H,19,22). The molecule has 3 rings (SSSR count). The lowest BCUT2D eigenvalue weighted by atomic mass is 9.93. The van der Waals surface area contributed by atoms with Crippen LogP contribution in [0, 0.1) is 12.8 Å². The molecule has 1 fully saturated rings. The molecule has 23 heavy (non-hydrogen) atoms. The van der Waals surface area contributed by atoms with Crippen molar-refractivity contribution >= 4 is 17.0 Å². The van der Waals surface area contributed by atoms with E-state index in [-0.39, 0.29) is 11.8 Å². The van der Waals surface area contributed by atoms with Crippen LogP contribution in [0.25, 0.3) is 11.1 Å². The molecule has 0 radical (unpaired) electrons. The van der Waals surface area contributed by atoms with Gasteiger partial charge in [0.1, 0.15) is 0 Å². The number of hydrogen-bond acceptors (Lipinski definition) is 5. The summed E-state index contributed by atoms with van der Waals surface area (Å²) in [6.07, 6.45) is 2.16. The van der Waals surface area contributed by atoms with Crippen molar-refractivity contribution in [2.24, 2.45) is 5.92 Å². The summed E-state index contributed by atoms with van der Waals surface area (Å²) in [5.41, 5.74) is 2.70. The zero-order valence-corrected chi connectivity index (χ0v) is 14.0. The van der Waals surface area contributed by atoms with Gasteiger partial charge in [-0.15, -0.1) is 0 Å².